The van der Waals surface area contributed by atoms with E-state index in [-0.39, 0.29) is 6.61 Å². The number of hydrogen-bond acceptors (Lipinski definition) is 2. The third-order valence-corrected chi connectivity index (χ3v) is 2.31. The minimum Gasteiger partial charge on any atom is -0.392 e. The second-order valence-corrected chi connectivity index (χ2v) is 3.05. The van der Waals surface area contributed by atoms with Crippen LogP contribution in [-0.4, -0.2) is 10.1 Å². The lowest BCUT2D eigenvalue weighted by Gasteiger charge is -2.08. The van der Waals surface area contributed by atoms with E-state index in [1.54, 1.807) is 6.20 Å². The zero-order valence-electron chi connectivity index (χ0n) is 7.26. The van der Waals surface area contributed by atoms with Crippen LogP contribution < -0.4 is 0 Å². The fourth-order valence-electron chi connectivity index (χ4n) is 1.20. The Morgan fingerprint density at radius 2 is 2.17 bits per heavy atom. The van der Waals surface area contributed by atoms with Crippen molar-refractivity contribution in [2.24, 2.45) is 0 Å². The van der Waals surface area contributed by atoms with E-state index in [2.05, 4.69) is 4.98 Å². The fraction of sp³-hybridized carbons (Fsp3) is 0.444. The minimum atomic E-state index is 0.0596. The number of hydrogen-bond donors (Lipinski definition) is 1. The van der Waals surface area contributed by atoms with E-state index >= 15 is 0 Å². The summed E-state index contributed by atoms with van der Waals surface area (Å²) in [4.78, 5) is 4.16. The molecular formula is C9H12ClNO. The first-order valence-corrected chi connectivity index (χ1v) is 4.35. The van der Waals surface area contributed by atoms with Crippen LogP contribution in [-0.2, 0) is 12.5 Å². The van der Waals surface area contributed by atoms with Crippen molar-refractivity contribution >= 4 is 11.6 Å². The van der Waals surface area contributed by atoms with Gasteiger partial charge in [0.25, 0.3) is 0 Å². The summed E-state index contributed by atoms with van der Waals surface area (Å²) in [6, 6.07) is 0. The van der Waals surface area contributed by atoms with Crippen LogP contribution in [0, 0.1) is 13.8 Å². The second-order valence-electron chi connectivity index (χ2n) is 2.78. The summed E-state index contributed by atoms with van der Waals surface area (Å²) < 4.78 is 0. The van der Waals surface area contributed by atoms with Crippen LogP contribution in [0.2, 0.25) is 0 Å². The van der Waals surface area contributed by atoms with Crippen LogP contribution >= 0.6 is 11.6 Å². The summed E-state index contributed by atoms with van der Waals surface area (Å²) in [5, 5.41) is 9.05. The molecule has 0 atom stereocenters. The van der Waals surface area contributed by atoms with Gasteiger partial charge in [-0.1, -0.05) is 0 Å². The first-order chi connectivity index (χ1) is 5.70. The van der Waals surface area contributed by atoms with Crippen molar-refractivity contribution in [3.63, 3.8) is 0 Å². The quantitative estimate of drug-likeness (QED) is 0.715. The molecular weight excluding hydrogens is 174 g/mol. The van der Waals surface area contributed by atoms with Crippen molar-refractivity contribution in [3.8, 4) is 0 Å². The van der Waals surface area contributed by atoms with Gasteiger partial charge in [0.05, 0.1) is 18.2 Å². The van der Waals surface area contributed by atoms with Gasteiger partial charge in [0, 0.05) is 6.20 Å². The van der Waals surface area contributed by atoms with Crippen molar-refractivity contribution in [3.05, 3.63) is 28.6 Å². The van der Waals surface area contributed by atoms with Gasteiger partial charge in [-0.15, -0.1) is 11.6 Å². The van der Waals surface area contributed by atoms with E-state index in [4.69, 9.17) is 16.7 Å². The largest absolute Gasteiger partial charge is 0.392 e. The van der Waals surface area contributed by atoms with Crippen LogP contribution in [0.4, 0.5) is 0 Å². The van der Waals surface area contributed by atoms with Crippen LogP contribution in [0.1, 0.15) is 22.4 Å². The number of pyridine rings is 1. The van der Waals surface area contributed by atoms with Crippen molar-refractivity contribution < 1.29 is 5.11 Å². The smallest absolute Gasteiger partial charge is 0.0688 e. The Bertz CT molecular complexity index is 286. The van der Waals surface area contributed by atoms with Crippen molar-refractivity contribution in [2.75, 3.05) is 0 Å². The lowest BCUT2D eigenvalue weighted by Crippen LogP contribution is -2.00. The van der Waals surface area contributed by atoms with Gasteiger partial charge in [0.2, 0.25) is 0 Å². The highest BCUT2D eigenvalue weighted by Gasteiger charge is 2.06. The molecule has 0 aromatic carbocycles. The number of aromatic nitrogens is 1. The standard InChI is InChI=1S/C9H12ClNO/c1-6-4-11-9(3-10)7(2)8(6)5-12/h4,12H,3,5H2,1-2H3. The van der Waals surface area contributed by atoms with Crippen LogP contribution in [0.3, 0.4) is 0 Å². The fourth-order valence-corrected chi connectivity index (χ4v) is 1.47. The summed E-state index contributed by atoms with van der Waals surface area (Å²) in [5.41, 5.74) is 3.82. The lowest BCUT2D eigenvalue weighted by molar-refractivity contribution is 0.280. The van der Waals surface area contributed by atoms with Gasteiger partial charge in [-0.25, -0.2) is 0 Å². The van der Waals surface area contributed by atoms with E-state index in [1.165, 1.54) is 0 Å². The Balaban J connectivity index is 3.24. The average molecular weight is 186 g/mol. The van der Waals surface area contributed by atoms with E-state index in [1.807, 2.05) is 13.8 Å². The molecule has 0 fully saturated rings. The molecule has 0 aliphatic carbocycles. The van der Waals surface area contributed by atoms with Gasteiger partial charge < -0.3 is 5.11 Å². The predicted octanol–water partition coefficient (Wildman–Crippen LogP) is 1.93. The summed E-state index contributed by atoms with van der Waals surface area (Å²) in [5.74, 6) is 0.402. The maximum absolute atomic E-state index is 9.05. The Kier molecular flexibility index (Phi) is 3.06. The Morgan fingerprint density at radius 3 is 2.67 bits per heavy atom. The minimum absolute atomic E-state index is 0.0596. The molecule has 0 saturated carbocycles. The molecule has 0 amide bonds. The molecule has 1 aromatic rings. The number of halogens is 1. The normalized spacial score (nSPS) is 10.3. The maximum Gasteiger partial charge on any atom is 0.0688 e. The van der Waals surface area contributed by atoms with E-state index in [0.717, 1.165) is 22.4 Å². The lowest BCUT2D eigenvalue weighted by atomic mass is 10.0. The van der Waals surface area contributed by atoms with Crippen LogP contribution in [0.15, 0.2) is 6.20 Å². The highest BCUT2D eigenvalue weighted by atomic mass is 35.5. The van der Waals surface area contributed by atoms with Gasteiger partial charge in [-0.2, -0.15) is 0 Å². The van der Waals surface area contributed by atoms with Crippen molar-refractivity contribution in [1.29, 1.82) is 0 Å². The zero-order valence-corrected chi connectivity index (χ0v) is 8.02. The number of alkyl halides is 1. The molecule has 0 radical (unpaired) electrons. The van der Waals surface area contributed by atoms with Gasteiger partial charge >= 0.3 is 0 Å². The molecule has 0 saturated heterocycles. The maximum atomic E-state index is 9.05. The number of nitrogens with zero attached hydrogens (tertiary/aromatic N) is 1. The molecule has 1 aromatic heterocycles. The highest BCUT2D eigenvalue weighted by molar-refractivity contribution is 6.17. The Hall–Kier alpha value is -0.600. The van der Waals surface area contributed by atoms with Crippen molar-refractivity contribution in [1.82, 2.24) is 4.98 Å². The molecule has 1 rings (SSSR count). The monoisotopic (exact) mass is 185 g/mol. The summed E-state index contributed by atoms with van der Waals surface area (Å²) >= 11 is 5.67. The molecule has 2 nitrogen and oxygen atoms in total. The summed E-state index contributed by atoms with van der Waals surface area (Å²) in [6.45, 7) is 3.93. The Labute approximate surface area is 77.2 Å². The molecule has 0 unspecified atom stereocenters. The van der Waals surface area contributed by atoms with Gasteiger partial charge in [0.1, 0.15) is 0 Å². The molecule has 0 bridgehead atoms. The summed E-state index contributed by atoms with van der Waals surface area (Å²) in [7, 11) is 0. The molecule has 66 valence electrons. The SMILES string of the molecule is Cc1cnc(CCl)c(C)c1CO. The van der Waals surface area contributed by atoms with Crippen LogP contribution in [0.5, 0.6) is 0 Å². The first kappa shape index (κ1) is 9.49. The third-order valence-electron chi connectivity index (χ3n) is 2.06. The topological polar surface area (TPSA) is 33.1 Å². The highest BCUT2D eigenvalue weighted by Crippen LogP contribution is 2.16. The number of aliphatic hydroxyl groups is 1. The molecule has 0 aliphatic heterocycles. The van der Waals surface area contributed by atoms with E-state index in [9.17, 15) is 0 Å². The molecule has 12 heavy (non-hydrogen) atoms. The summed E-state index contributed by atoms with van der Waals surface area (Å²) in [6.07, 6.45) is 1.75. The molecule has 1 N–H and O–H groups in total. The number of aryl methyl sites for hydroxylation is 1. The van der Waals surface area contributed by atoms with E-state index < -0.39 is 0 Å². The molecule has 1 heterocycles. The Morgan fingerprint density at radius 1 is 1.50 bits per heavy atom. The van der Waals surface area contributed by atoms with Crippen LogP contribution in [0.25, 0.3) is 0 Å². The van der Waals surface area contributed by atoms with Gasteiger partial charge in [-0.05, 0) is 30.5 Å². The number of rotatable bonds is 2. The van der Waals surface area contributed by atoms with Gasteiger partial charge in [-0.3, -0.25) is 4.98 Å². The second kappa shape index (κ2) is 3.87. The number of aliphatic hydroxyl groups excluding tert-OH is 1. The molecule has 0 spiro atoms. The predicted molar refractivity (Wildman–Crippen MR) is 49.2 cm³/mol. The molecule has 0 aliphatic rings. The van der Waals surface area contributed by atoms with Crippen molar-refractivity contribution in [2.45, 2.75) is 26.3 Å². The average Bonchev–Trinajstić information content (AvgIpc) is 2.06. The zero-order chi connectivity index (χ0) is 9.14. The third kappa shape index (κ3) is 1.59. The van der Waals surface area contributed by atoms with Gasteiger partial charge in [0.15, 0.2) is 0 Å². The first-order valence-electron chi connectivity index (χ1n) is 3.81. The molecule has 3 heteroatoms. The van der Waals surface area contributed by atoms with E-state index in [0.29, 0.717) is 5.88 Å².